The summed E-state index contributed by atoms with van der Waals surface area (Å²) in [5.41, 5.74) is 0.430. The molecule has 1 aromatic carbocycles. The second-order valence-electron chi connectivity index (χ2n) is 4.95. The molecule has 5 heteroatoms. The molecule has 0 amide bonds. The molecule has 1 atom stereocenters. The minimum absolute atomic E-state index is 0.0101. The average Bonchev–Trinajstić information content (AvgIpc) is 2.78. The maximum absolute atomic E-state index is 9.19. The Bertz CT molecular complexity index is 421. The van der Waals surface area contributed by atoms with Gasteiger partial charge in [-0.2, -0.15) is 0 Å². The van der Waals surface area contributed by atoms with Gasteiger partial charge in [0.05, 0.1) is 18.8 Å². The first-order valence-electron chi connectivity index (χ1n) is 5.98. The first kappa shape index (κ1) is 13.6. The molecule has 18 heavy (non-hydrogen) atoms. The van der Waals surface area contributed by atoms with E-state index >= 15 is 0 Å². The second-order valence-corrected chi connectivity index (χ2v) is 5.39. The zero-order valence-electron chi connectivity index (χ0n) is 10.3. The van der Waals surface area contributed by atoms with Crippen LogP contribution in [0.3, 0.4) is 0 Å². The molecule has 1 unspecified atom stereocenters. The van der Waals surface area contributed by atoms with E-state index in [1.807, 2.05) is 18.2 Å². The summed E-state index contributed by atoms with van der Waals surface area (Å²) in [6, 6.07) is 5.59. The highest BCUT2D eigenvalue weighted by Crippen LogP contribution is 2.30. The molecule has 0 radical (unpaired) electrons. The van der Waals surface area contributed by atoms with Crippen molar-refractivity contribution < 1.29 is 14.9 Å². The summed E-state index contributed by atoms with van der Waals surface area (Å²) < 4.78 is 5.76. The zero-order valence-corrected chi connectivity index (χ0v) is 11.1. The molecule has 0 saturated carbocycles. The fourth-order valence-corrected chi connectivity index (χ4v) is 2.12. The lowest BCUT2D eigenvalue weighted by Gasteiger charge is -2.27. The van der Waals surface area contributed by atoms with Gasteiger partial charge in [-0.25, -0.2) is 0 Å². The molecule has 1 heterocycles. The smallest absolute Gasteiger partial charge is 0.123 e. The molecular weight excluding hydrogens is 254 g/mol. The molecule has 0 aromatic heterocycles. The Morgan fingerprint density at radius 3 is 2.83 bits per heavy atom. The van der Waals surface area contributed by atoms with Gasteiger partial charge in [-0.05, 0) is 30.7 Å². The van der Waals surface area contributed by atoms with Crippen molar-refractivity contribution in [2.45, 2.75) is 25.0 Å². The molecule has 0 bridgehead atoms. The van der Waals surface area contributed by atoms with E-state index < -0.39 is 5.54 Å². The van der Waals surface area contributed by atoms with Crippen LogP contribution in [0.25, 0.3) is 0 Å². The third-order valence-electron chi connectivity index (χ3n) is 3.22. The maximum atomic E-state index is 9.19. The molecule has 0 spiro atoms. The molecule has 0 saturated heterocycles. The average molecular weight is 272 g/mol. The Hall–Kier alpha value is -0.810. The molecule has 2 rings (SSSR count). The van der Waals surface area contributed by atoms with Crippen molar-refractivity contribution in [2.24, 2.45) is 0 Å². The van der Waals surface area contributed by atoms with Crippen LogP contribution in [0, 0.1) is 0 Å². The fourth-order valence-electron chi connectivity index (χ4n) is 1.92. The van der Waals surface area contributed by atoms with Crippen LogP contribution < -0.4 is 10.1 Å². The summed E-state index contributed by atoms with van der Waals surface area (Å²) >= 11 is 5.93. The van der Waals surface area contributed by atoms with Gasteiger partial charge >= 0.3 is 0 Å². The SMILES string of the molecule is CC(CO)(CO)NCC1Cc2cc(Cl)ccc2O1. The molecule has 1 aliphatic heterocycles. The van der Waals surface area contributed by atoms with Crippen molar-refractivity contribution in [3.8, 4) is 5.75 Å². The minimum atomic E-state index is -0.671. The number of rotatable bonds is 5. The lowest BCUT2D eigenvalue weighted by Crippen LogP contribution is -2.52. The highest BCUT2D eigenvalue weighted by Gasteiger charge is 2.27. The van der Waals surface area contributed by atoms with Gasteiger partial charge in [0.15, 0.2) is 0 Å². The summed E-state index contributed by atoms with van der Waals surface area (Å²) in [6.07, 6.45) is 0.798. The first-order chi connectivity index (χ1) is 8.56. The third-order valence-corrected chi connectivity index (χ3v) is 3.45. The van der Waals surface area contributed by atoms with E-state index in [1.165, 1.54) is 0 Å². The number of fused-ring (bicyclic) bond motifs is 1. The molecule has 1 aliphatic rings. The molecule has 100 valence electrons. The highest BCUT2D eigenvalue weighted by atomic mass is 35.5. The van der Waals surface area contributed by atoms with Crippen LogP contribution in [0.2, 0.25) is 5.02 Å². The van der Waals surface area contributed by atoms with Crippen LogP contribution in [0.4, 0.5) is 0 Å². The summed E-state index contributed by atoms with van der Waals surface area (Å²) in [5, 5.41) is 22.2. The molecule has 3 N–H and O–H groups in total. The van der Waals surface area contributed by atoms with Gasteiger partial charge in [0.25, 0.3) is 0 Å². The first-order valence-corrected chi connectivity index (χ1v) is 6.36. The van der Waals surface area contributed by atoms with Crippen molar-refractivity contribution >= 4 is 11.6 Å². The Morgan fingerprint density at radius 2 is 2.17 bits per heavy atom. The second kappa shape index (κ2) is 5.45. The van der Waals surface area contributed by atoms with E-state index in [9.17, 15) is 10.2 Å². The van der Waals surface area contributed by atoms with Gasteiger partial charge in [0.1, 0.15) is 11.9 Å². The van der Waals surface area contributed by atoms with E-state index in [1.54, 1.807) is 6.92 Å². The number of aliphatic hydroxyl groups is 2. The maximum Gasteiger partial charge on any atom is 0.123 e. The standard InChI is InChI=1S/C13H18ClNO3/c1-13(7-16,8-17)15-6-11-5-9-4-10(14)2-3-12(9)18-11/h2-4,11,15-17H,5-8H2,1H3. The normalized spacial score (nSPS) is 18.6. The lowest BCUT2D eigenvalue weighted by molar-refractivity contribution is 0.0928. The van der Waals surface area contributed by atoms with Crippen LogP contribution in [-0.2, 0) is 6.42 Å². The number of hydrogen-bond acceptors (Lipinski definition) is 4. The number of aliphatic hydroxyl groups excluding tert-OH is 2. The van der Waals surface area contributed by atoms with Crippen LogP contribution in [0.5, 0.6) is 5.75 Å². The van der Waals surface area contributed by atoms with Gasteiger partial charge in [-0.1, -0.05) is 11.6 Å². The van der Waals surface area contributed by atoms with E-state index in [-0.39, 0.29) is 19.3 Å². The van der Waals surface area contributed by atoms with Gasteiger partial charge < -0.3 is 20.3 Å². The Kier molecular flexibility index (Phi) is 4.12. The number of benzene rings is 1. The molecule has 0 aliphatic carbocycles. The zero-order chi connectivity index (χ0) is 13.2. The number of ether oxygens (including phenoxy) is 1. The Morgan fingerprint density at radius 1 is 1.44 bits per heavy atom. The number of halogens is 1. The van der Waals surface area contributed by atoms with E-state index in [0.717, 1.165) is 17.7 Å². The Balaban J connectivity index is 1.92. The van der Waals surface area contributed by atoms with Crippen molar-refractivity contribution in [2.75, 3.05) is 19.8 Å². The summed E-state index contributed by atoms with van der Waals surface area (Å²) in [4.78, 5) is 0. The van der Waals surface area contributed by atoms with Gasteiger partial charge in [-0.3, -0.25) is 0 Å². The van der Waals surface area contributed by atoms with Gasteiger partial charge in [0, 0.05) is 18.0 Å². The van der Waals surface area contributed by atoms with Crippen molar-refractivity contribution in [3.63, 3.8) is 0 Å². The van der Waals surface area contributed by atoms with Gasteiger partial charge in [0.2, 0.25) is 0 Å². The third kappa shape index (κ3) is 2.95. The predicted octanol–water partition coefficient (Wildman–Crippen LogP) is 0.976. The van der Waals surface area contributed by atoms with Crippen molar-refractivity contribution in [1.29, 1.82) is 0 Å². The summed E-state index contributed by atoms with van der Waals surface area (Å²) in [5.74, 6) is 0.862. The van der Waals surface area contributed by atoms with Crippen molar-refractivity contribution in [3.05, 3.63) is 28.8 Å². The minimum Gasteiger partial charge on any atom is -0.488 e. The largest absolute Gasteiger partial charge is 0.488 e. The number of hydrogen-bond donors (Lipinski definition) is 3. The molecule has 1 aromatic rings. The van der Waals surface area contributed by atoms with Crippen molar-refractivity contribution in [1.82, 2.24) is 5.32 Å². The molecular formula is C13H18ClNO3. The van der Waals surface area contributed by atoms with Crippen LogP contribution in [-0.4, -0.2) is 41.6 Å². The lowest BCUT2D eigenvalue weighted by atomic mass is 10.0. The van der Waals surface area contributed by atoms with E-state index in [2.05, 4.69) is 5.32 Å². The quantitative estimate of drug-likeness (QED) is 0.747. The summed E-state index contributed by atoms with van der Waals surface area (Å²) in [7, 11) is 0. The van der Waals surface area contributed by atoms with Crippen LogP contribution in [0.15, 0.2) is 18.2 Å². The van der Waals surface area contributed by atoms with Gasteiger partial charge in [-0.15, -0.1) is 0 Å². The molecule has 0 fully saturated rings. The van der Waals surface area contributed by atoms with E-state index in [0.29, 0.717) is 11.6 Å². The van der Waals surface area contributed by atoms with E-state index in [4.69, 9.17) is 16.3 Å². The molecule has 4 nitrogen and oxygen atoms in total. The number of nitrogens with one attached hydrogen (secondary N) is 1. The van der Waals surface area contributed by atoms with Crippen LogP contribution >= 0.6 is 11.6 Å². The fraction of sp³-hybridized carbons (Fsp3) is 0.538. The monoisotopic (exact) mass is 271 g/mol. The van der Waals surface area contributed by atoms with Crippen LogP contribution in [0.1, 0.15) is 12.5 Å². The topological polar surface area (TPSA) is 61.7 Å². The highest BCUT2D eigenvalue weighted by molar-refractivity contribution is 6.30. The Labute approximate surface area is 112 Å². The predicted molar refractivity (Wildman–Crippen MR) is 70.2 cm³/mol. The summed E-state index contributed by atoms with van der Waals surface area (Å²) in [6.45, 7) is 2.11.